The molecule has 0 saturated carbocycles. The summed E-state index contributed by atoms with van der Waals surface area (Å²) in [6.45, 7) is 10.6. The van der Waals surface area contributed by atoms with Crippen molar-refractivity contribution in [1.82, 2.24) is 4.90 Å². The van der Waals surface area contributed by atoms with Crippen LogP contribution in [-0.2, 0) is 0 Å². The number of hydrogen-bond donors (Lipinski definition) is 1. The van der Waals surface area contributed by atoms with E-state index in [1.807, 2.05) is 13.0 Å². The highest BCUT2D eigenvalue weighted by Gasteiger charge is 2.25. The van der Waals surface area contributed by atoms with Crippen LogP contribution in [0.3, 0.4) is 0 Å². The molecule has 1 aromatic rings. The van der Waals surface area contributed by atoms with Gasteiger partial charge in [0.2, 0.25) is 0 Å². The molecule has 2 unspecified atom stereocenters. The molecule has 98 valence electrons. The van der Waals surface area contributed by atoms with Gasteiger partial charge in [0.15, 0.2) is 0 Å². The number of nitrogens with zero attached hydrogens (tertiary/aromatic N) is 1. The van der Waals surface area contributed by atoms with Gasteiger partial charge in [-0.25, -0.2) is 0 Å². The molecule has 3 heteroatoms. The number of aryl methyl sites for hydroxylation is 1. The van der Waals surface area contributed by atoms with E-state index < -0.39 is 0 Å². The molecule has 0 aliphatic heterocycles. The van der Waals surface area contributed by atoms with Crippen LogP contribution in [-0.4, -0.2) is 24.0 Å². The number of nitrogens with two attached hydrogens (primary N) is 1. The number of hydrogen-bond acceptors (Lipinski definition) is 3. The third-order valence-electron chi connectivity index (χ3n) is 2.97. The molecule has 3 nitrogen and oxygen atoms in total. The molecule has 0 fully saturated rings. The lowest BCUT2D eigenvalue weighted by atomic mass is 10.1. The van der Waals surface area contributed by atoms with Gasteiger partial charge in [-0.05, 0) is 51.9 Å². The Morgan fingerprint density at radius 1 is 1.24 bits per heavy atom. The molecule has 0 radical (unpaired) electrons. The molecule has 0 bridgehead atoms. The molecule has 0 spiro atoms. The van der Waals surface area contributed by atoms with Gasteiger partial charge in [-0.3, -0.25) is 4.90 Å². The van der Waals surface area contributed by atoms with E-state index in [9.17, 15) is 0 Å². The highest BCUT2D eigenvalue weighted by atomic mass is 16.3. The van der Waals surface area contributed by atoms with E-state index in [2.05, 4.69) is 31.7 Å². The molecule has 1 rings (SSSR count). The standard InChI is InChI=1S/C14H26N2O/c1-5-9-16(10-6-2)14(12(4)15)13-8-7-11(3)17-13/h7-8,12,14H,5-6,9-10,15H2,1-4H3. The molecule has 2 atom stereocenters. The maximum Gasteiger partial charge on any atom is 0.122 e. The van der Waals surface area contributed by atoms with Crippen molar-refractivity contribution in [2.24, 2.45) is 5.73 Å². The minimum atomic E-state index is 0.0821. The van der Waals surface area contributed by atoms with Crippen LogP contribution in [0.15, 0.2) is 16.5 Å². The zero-order valence-electron chi connectivity index (χ0n) is 11.6. The van der Waals surface area contributed by atoms with Crippen LogP contribution >= 0.6 is 0 Å². The topological polar surface area (TPSA) is 42.4 Å². The SMILES string of the molecule is CCCN(CCC)C(c1ccc(C)o1)C(C)N. The second-order valence-corrected chi connectivity index (χ2v) is 4.79. The summed E-state index contributed by atoms with van der Waals surface area (Å²) >= 11 is 0. The quantitative estimate of drug-likeness (QED) is 0.793. The normalized spacial score (nSPS) is 15.2. The predicted molar refractivity (Wildman–Crippen MR) is 72.0 cm³/mol. The lowest BCUT2D eigenvalue weighted by Crippen LogP contribution is -2.40. The fourth-order valence-corrected chi connectivity index (χ4v) is 2.35. The first-order chi connectivity index (χ1) is 8.10. The van der Waals surface area contributed by atoms with Gasteiger partial charge in [0.25, 0.3) is 0 Å². The summed E-state index contributed by atoms with van der Waals surface area (Å²) in [7, 11) is 0. The van der Waals surface area contributed by atoms with Gasteiger partial charge < -0.3 is 10.2 Å². The van der Waals surface area contributed by atoms with Crippen molar-refractivity contribution < 1.29 is 4.42 Å². The molecule has 0 aromatic carbocycles. The summed E-state index contributed by atoms with van der Waals surface area (Å²) in [5.74, 6) is 1.96. The monoisotopic (exact) mass is 238 g/mol. The van der Waals surface area contributed by atoms with Gasteiger partial charge in [0.1, 0.15) is 11.5 Å². The molecule has 0 amide bonds. The van der Waals surface area contributed by atoms with Crippen molar-refractivity contribution in [1.29, 1.82) is 0 Å². The Kier molecular flexibility index (Phi) is 5.72. The second kappa shape index (κ2) is 6.82. The summed E-state index contributed by atoms with van der Waals surface area (Å²) in [5, 5.41) is 0. The Labute approximate surface area is 105 Å². The zero-order valence-corrected chi connectivity index (χ0v) is 11.6. The van der Waals surface area contributed by atoms with Gasteiger partial charge in [-0.1, -0.05) is 13.8 Å². The maximum atomic E-state index is 6.14. The smallest absolute Gasteiger partial charge is 0.122 e. The van der Waals surface area contributed by atoms with Crippen LogP contribution in [0.2, 0.25) is 0 Å². The summed E-state index contributed by atoms with van der Waals surface area (Å²) in [5.41, 5.74) is 6.14. The summed E-state index contributed by atoms with van der Waals surface area (Å²) in [4.78, 5) is 2.43. The average molecular weight is 238 g/mol. The van der Waals surface area contributed by atoms with E-state index in [1.165, 1.54) is 0 Å². The van der Waals surface area contributed by atoms with Crippen molar-refractivity contribution in [3.63, 3.8) is 0 Å². The van der Waals surface area contributed by atoms with E-state index in [4.69, 9.17) is 10.2 Å². The third kappa shape index (κ3) is 3.86. The molecule has 1 heterocycles. The highest BCUT2D eigenvalue weighted by molar-refractivity contribution is 5.11. The summed E-state index contributed by atoms with van der Waals surface area (Å²) in [6, 6.07) is 4.35. The lowest BCUT2D eigenvalue weighted by Gasteiger charge is -2.32. The van der Waals surface area contributed by atoms with E-state index in [-0.39, 0.29) is 12.1 Å². The minimum absolute atomic E-state index is 0.0821. The highest BCUT2D eigenvalue weighted by Crippen LogP contribution is 2.25. The van der Waals surface area contributed by atoms with Crippen molar-refractivity contribution in [3.8, 4) is 0 Å². The molecular formula is C14H26N2O. The minimum Gasteiger partial charge on any atom is -0.465 e. The van der Waals surface area contributed by atoms with Crippen LogP contribution in [0.25, 0.3) is 0 Å². The molecular weight excluding hydrogens is 212 g/mol. The van der Waals surface area contributed by atoms with Gasteiger partial charge >= 0.3 is 0 Å². The van der Waals surface area contributed by atoms with E-state index in [0.717, 1.165) is 37.5 Å². The first kappa shape index (κ1) is 14.3. The molecule has 17 heavy (non-hydrogen) atoms. The Morgan fingerprint density at radius 2 is 1.82 bits per heavy atom. The van der Waals surface area contributed by atoms with Crippen LogP contribution in [0, 0.1) is 6.92 Å². The first-order valence-corrected chi connectivity index (χ1v) is 6.66. The van der Waals surface area contributed by atoms with Crippen LogP contribution < -0.4 is 5.73 Å². The summed E-state index contributed by atoms with van der Waals surface area (Å²) < 4.78 is 5.76. The van der Waals surface area contributed by atoms with Gasteiger partial charge in [-0.2, -0.15) is 0 Å². The van der Waals surface area contributed by atoms with Crippen molar-refractivity contribution in [3.05, 3.63) is 23.7 Å². The largest absolute Gasteiger partial charge is 0.465 e. The average Bonchev–Trinajstić information content (AvgIpc) is 2.65. The lowest BCUT2D eigenvalue weighted by molar-refractivity contribution is 0.154. The van der Waals surface area contributed by atoms with Crippen molar-refractivity contribution >= 4 is 0 Å². The van der Waals surface area contributed by atoms with Crippen LogP contribution in [0.5, 0.6) is 0 Å². The van der Waals surface area contributed by atoms with E-state index in [1.54, 1.807) is 0 Å². The Balaban J connectivity index is 2.89. The molecule has 2 N–H and O–H groups in total. The molecule has 1 aromatic heterocycles. The Bertz CT molecular complexity index is 314. The number of rotatable bonds is 7. The van der Waals surface area contributed by atoms with Crippen LogP contribution in [0.4, 0.5) is 0 Å². The molecule has 0 aliphatic rings. The van der Waals surface area contributed by atoms with Crippen molar-refractivity contribution in [2.75, 3.05) is 13.1 Å². The second-order valence-electron chi connectivity index (χ2n) is 4.79. The number of furan rings is 1. The molecule has 0 saturated heterocycles. The fraction of sp³-hybridized carbons (Fsp3) is 0.714. The fourth-order valence-electron chi connectivity index (χ4n) is 2.35. The Hall–Kier alpha value is -0.800. The third-order valence-corrected chi connectivity index (χ3v) is 2.97. The predicted octanol–water partition coefficient (Wildman–Crippen LogP) is 3.10. The summed E-state index contributed by atoms with van der Waals surface area (Å²) in [6.07, 6.45) is 2.28. The Morgan fingerprint density at radius 3 is 2.18 bits per heavy atom. The molecule has 0 aliphatic carbocycles. The van der Waals surface area contributed by atoms with Crippen LogP contribution in [0.1, 0.15) is 51.2 Å². The first-order valence-electron chi connectivity index (χ1n) is 6.66. The van der Waals surface area contributed by atoms with Crippen molar-refractivity contribution in [2.45, 2.75) is 52.6 Å². The maximum absolute atomic E-state index is 6.14. The van der Waals surface area contributed by atoms with Gasteiger partial charge in [0.05, 0.1) is 6.04 Å². The van der Waals surface area contributed by atoms with E-state index in [0.29, 0.717) is 0 Å². The van der Waals surface area contributed by atoms with Gasteiger partial charge in [-0.15, -0.1) is 0 Å². The van der Waals surface area contributed by atoms with E-state index >= 15 is 0 Å². The van der Waals surface area contributed by atoms with Gasteiger partial charge in [0, 0.05) is 6.04 Å². The zero-order chi connectivity index (χ0) is 12.8.